The maximum absolute atomic E-state index is 12.4. The van der Waals surface area contributed by atoms with Crippen LogP contribution >= 0.6 is 23.2 Å². The van der Waals surface area contributed by atoms with Gasteiger partial charge in [0.2, 0.25) is 11.8 Å². The molecule has 1 amide bonds. The number of aromatic nitrogens is 2. The van der Waals surface area contributed by atoms with Crippen LogP contribution in [0.5, 0.6) is 5.88 Å². The highest BCUT2D eigenvalue weighted by Crippen LogP contribution is 2.30. The topological polar surface area (TPSA) is 81.2 Å². The number of nitrogens with one attached hydrogen (secondary N) is 1. The summed E-state index contributed by atoms with van der Waals surface area (Å²) < 4.78 is 5.58. The third-order valence-corrected chi connectivity index (χ3v) is 4.43. The Morgan fingerprint density at radius 3 is 2.57 bits per heavy atom. The van der Waals surface area contributed by atoms with Crippen LogP contribution in [0, 0.1) is 0 Å². The van der Waals surface area contributed by atoms with Crippen molar-refractivity contribution in [3.8, 4) is 5.88 Å². The number of fused-ring (bicyclic) bond motifs is 1. The Morgan fingerprint density at radius 1 is 1.11 bits per heavy atom. The van der Waals surface area contributed by atoms with E-state index in [9.17, 15) is 9.59 Å². The van der Waals surface area contributed by atoms with Crippen molar-refractivity contribution in [3.05, 3.63) is 58.3 Å². The molecule has 1 aromatic heterocycles. The highest BCUT2D eigenvalue weighted by atomic mass is 35.5. The van der Waals surface area contributed by atoms with Crippen molar-refractivity contribution in [2.24, 2.45) is 0 Å². The molecule has 0 fully saturated rings. The van der Waals surface area contributed by atoms with Gasteiger partial charge in [0.15, 0.2) is 12.4 Å². The molecule has 0 saturated carbocycles. The van der Waals surface area contributed by atoms with Crippen LogP contribution in [0.4, 0.5) is 5.69 Å². The van der Waals surface area contributed by atoms with Gasteiger partial charge in [-0.05, 0) is 42.8 Å². The molecule has 2 aromatic carbocycles. The largest absolute Gasteiger partial charge is 0.469 e. The summed E-state index contributed by atoms with van der Waals surface area (Å²) in [5.74, 6) is -0.0598. The van der Waals surface area contributed by atoms with Gasteiger partial charge in [0, 0.05) is 22.7 Å². The fourth-order valence-electron chi connectivity index (χ4n) is 2.59. The Kier molecular flexibility index (Phi) is 6.44. The third kappa shape index (κ3) is 4.77. The van der Waals surface area contributed by atoms with Crippen LogP contribution in [0.3, 0.4) is 0 Å². The lowest BCUT2D eigenvalue weighted by Crippen LogP contribution is -2.13. The molecule has 0 aliphatic carbocycles. The zero-order chi connectivity index (χ0) is 20.1. The number of hydrogen-bond acceptors (Lipinski definition) is 5. The van der Waals surface area contributed by atoms with Crippen LogP contribution < -0.4 is 10.1 Å². The SMILES string of the molecule is CCCC(=O)Nc1ccc(C(=O)COc2ncnc3c(Cl)cc(Cl)cc23)cc1. The molecule has 144 valence electrons. The van der Waals surface area contributed by atoms with Gasteiger partial charge < -0.3 is 10.1 Å². The zero-order valence-corrected chi connectivity index (χ0v) is 16.5. The van der Waals surface area contributed by atoms with E-state index in [1.165, 1.54) is 6.33 Å². The van der Waals surface area contributed by atoms with Gasteiger partial charge in [-0.3, -0.25) is 9.59 Å². The first-order chi connectivity index (χ1) is 13.5. The van der Waals surface area contributed by atoms with E-state index in [1.807, 2.05) is 6.92 Å². The maximum atomic E-state index is 12.4. The van der Waals surface area contributed by atoms with Gasteiger partial charge in [0.25, 0.3) is 0 Å². The fourth-order valence-corrected chi connectivity index (χ4v) is 3.13. The van der Waals surface area contributed by atoms with E-state index in [2.05, 4.69) is 15.3 Å². The number of halogens is 2. The molecule has 3 aromatic rings. The van der Waals surface area contributed by atoms with Crippen molar-refractivity contribution in [2.45, 2.75) is 19.8 Å². The highest BCUT2D eigenvalue weighted by molar-refractivity contribution is 6.38. The Hall–Kier alpha value is -2.70. The van der Waals surface area contributed by atoms with Crippen LogP contribution in [-0.2, 0) is 4.79 Å². The number of hydrogen-bond donors (Lipinski definition) is 1. The number of nitrogens with zero attached hydrogens (tertiary/aromatic N) is 2. The average Bonchev–Trinajstić information content (AvgIpc) is 2.67. The van der Waals surface area contributed by atoms with Crippen molar-refractivity contribution in [2.75, 3.05) is 11.9 Å². The standard InChI is InChI=1S/C20H17Cl2N3O3/c1-2-3-18(27)25-14-6-4-12(5-7-14)17(26)10-28-20-15-8-13(21)9-16(22)19(15)23-11-24-20/h4-9,11H,2-3,10H2,1H3,(H,25,27). The minimum atomic E-state index is -0.230. The number of ether oxygens (including phenoxy) is 1. The smallest absolute Gasteiger partial charge is 0.225 e. The summed E-state index contributed by atoms with van der Waals surface area (Å²) in [5, 5.41) is 4.10. The number of rotatable bonds is 7. The molecule has 6 nitrogen and oxygen atoms in total. The Labute approximate surface area is 171 Å². The molecule has 0 spiro atoms. The van der Waals surface area contributed by atoms with E-state index >= 15 is 0 Å². The van der Waals surface area contributed by atoms with Crippen LogP contribution in [0.1, 0.15) is 30.1 Å². The predicted molar refractivity (Wildman–Crippen MR) is 109 cm³/mol. The molecular weight excluding hydrogens is 401 g/mol. The van der Waals surface area contributed by atoms with Crippen LogP contribution in [0.15, 0.2) is 42.7 Å². The number of anilines is 1. The molecule has 0 unspecified atom stereocenters. The molecule has 0 radical (unpaired) electrons. The number of amides is 1. The zero-order valence-electron chi connectivity index (χ0n) is 15.0. The van der Waals surface area contributed by atoms with Crippen LogP contribution in [0.2, 0.25) is 10.0 Å². The monoisotopic (exact) mass is 417 g/mol. The average molecular weight is 418 g/mol. The molecule has 28 heavy (non-hydrogen) atoms. The predicted octanol–water partition coefficient (Wildman–Crippen LogP) is 4.94. The molecule has 3 rings (SSSR count). The fraction of sp³-hybridized carbons (Fsp3) is 0.200. The van der Waals surface area contributed by atoms with Gasteiger partial charge in [-0.1, -0.05) is 30.1 Å². The molecule has 0 saturated heterocycles. The minimum absolute atomic E-state index is 0.0575. The summed E-state index contributed by atoms with van der Waals surface area (Å²) in [7, 11) is 0. The van der Waals surface area contributed by atoms with E-state index in [-0.39, 0.29) is 24.2 Å². The molecule has 1 N–H and O–H groups in total. The Balaban J connectivity index is 1.69. The summed E-state index contributed by atoms with van der Waals surface area (Å²) in [6.45, 7) is 1.72. The first kappa shape index (κ1) is 20.0. The summed E-state index contributed by atoms with van der Waals surface area (Å²) in [5.41, 5.74) is 1.60. The highest BCUT2D eigenvalue weighted by Gasteiger charge is 2.13. The van der Waals surface area contributed by atoms with E-state index in [4.69, 9.17) is 27.9 Å². The first-order valence-electron chi connectivity index (χ1n) is 8.63. The van der Waals surface area contributed by atoms with Gasteiger partial charge in [0.1, 0.15) is 6.33 Å². The molecule has 8 heteroatoms. The van der Waals surface area contributed by atoms with Crippen molar-refractivity contribution in [1.82, 2.24) is 9.97 Å². The van der Waals surface area contributed by atoms with E-state index < -0.39 is 0 Å². The van der Waals surface area contributed by atoms with Crippen molar-refractivity contribution in [3.63, 3.8) is 0 Å². The molecule has 1 heterocycles. The number of Topliss-reactive ketones (excluding diaryl/α,β-unsaturated/α-hetero) is 1. The molecular formula is C20H17Cl2N3O3. The second-order valence-corrected chi connectivity index (χ2v) is 6.89. The molecule has 0 atom stereocenters. The third-order valence-electron chi connectivity index (χ3n) is 3.93. The maximum Gasteiger partial charge on any atom is 0.225 e. The number of benzene rings is 2. The summed E-state index contributed by atoms with van der Waals surface area (Å²) in [6.07, 6.45) is 2.54. The van der Waals surface area contributed by atoms with E-state index in [0.717, 1.165) is 6.42 Å². The molecule has 0 aliphatic rings. The van der Waals surface area contributed by atoms with Gasteiger partial charge >= 0.3 is 0 Å². The van der Waals surface area contributed by atoms with E-state index in [1.54, 1.807) is 36.4 Å². The van der Waals surface area contributed by atoms with Crippen molar-refractivity contribution < 1.29 is 14.3 Å². The van der Waals surface area contributed by atoms with Gasteiger partial charge in [-0.2, -0.15) is 0 Å². The number of carbonyl (C=O) groups is 2. The molecule has 0 aliphatic heterocycles. The van der Waals surface area contributed by atoms with E-state index in [0.29, 0.717) is 38.6 Å². The summed E-state index contributed by atoms with van der Waals surface area (Å²) in [4.78, 5) is 32.2. The normalized spacial score (nSPS) is 10.7. The van der Waals surface area contributed by atoms with Crippen LogP contribution in [-0.4, -0.2) is 28.3 Å². The van der Waals surface area contributed by atoms with Crippen molar-refractivity contribution in [1.29, 1.82) is 0 Å². The minimum Gasteiger partial charge on any atom is -0.469 e. The lowest BCUT2D eigenvalue weighted by Gasteiger charge is -2.09. The van der Waals surface area contributed by atoms with Gasteiger partial charge in [-0.25, -0.2) is 9.97 Å². The second-order valence-electron chi connectivity index (χ2n) is 6.05. The molecule has 0 bridgehead atoms. The summed E-state index contributed by atoms with van der Waals surface area (Å²) in [6, 6.07) is 9.85. The lowest BCUT2D eigenvalue weighted by molar-refractivity contribution is -0.116. The quantitative estimate of drug-likeness (QED) is 0.550. The Bertz CT molecular complexity index is 1020. The first-order valence-corrected chi connectivity index (χ1v) is 9.39. The Morgan fingerprint density at radius 2 is 1.86 bits per heavy atom. The van der Waals surface area contributed by atoms with Crippen molar-refractivity contribution >= 4 is 51.5 Å². The number of ketones is 1. The lowest BCUT2D eigenvalue weighted by atomic mass is 10.1. The van der Waals surface area contributed by atoms with Gasteiger partial charge in [0.05, 0.1) is 15.9 Å². The summed E-state index contributed by atoms with van der Waals surface area (Å²) >= 11 is 12.2. The second kappa shape index (κ2) is 8.99. The van der Waals surface area contributed by atoms with Crippen LogP contribution in [0.25, 0.3) is 10.9 Å². The van der Waals surface area contributed by atoms with Gasteiger partial charge in [-0.15, -0.1) is 0 Å². The number of carbonyl (C=O) groups excluding carboxylic acids is 2.